The van der Waals surface area contributed by atoms with Crippen LogP contribution in [0.1, 0.15) is 26.1 Å². The van der Waals surface area contributed by atoms with E-state index in [-0.39, 0.29) is 12.1 Å². The Kier molecular flexibility index (Phi) is 6.44. The van der Waals surface area contributed by atoms with Gasteiger partial charge in [-0.1, -0.05) is 12.1 Å². The Bertz CT molecular complexity index is 694. The van der Waals surface area contributed by atoms with E-state index in [0.29, 0.717) is 5.75 Å². The third kappa shape index (κ3) is 6.76. The maximum atomic E-state index is 10.9. The van der Waals surface area contributed by atoms with Crippen molar-refractivity contribution in [3.05, 3.63) is 42.5 Å². The zero-order valence-corrected chi connectivity index (χ0v) is 16.6. The fraction of sp³-hybridized carbons (Fsp3) is 0.421. The van der Waals surface area contributed by atoms with Crippen molar-refractivity contribution in [3.8, 4) is 16.9 Å². The molecule has 134 valence electrons. The van der Waals surface area contributed by atoms with Gasteiger partial charge in [-0.3, -0.25) is 4.79 Å². The van der Waals surface area contributed by atoms with Crippen LogP contribution in [-0.2, 0) is 15.6 Å². The molecule has 0 radical (unpaired) electrons. The zero-order valence-electron chi connectivity index (χ0n) is 15.6. The van der Waals surface area contributed by atoms with Crippen molar-refractivity contribution in [1.82, 2.24) is 9.97 Å². The molecule has 0 spiro atoms. The Morgan fingerprint density at radius 2 is 1.68 bits per heavy atom. The quantitative estimate of drug-likeness (QED) is 0.421. The van der Waals surface area contributed by atoms with Crippen LogP contribution in [0.15, 0.2) is 36.7 Å². The number of nitrogens with zero attached hydrogens (tertiary/aromatic N) is 2. The Morgan fingerprint density at radius 3 is 2.20 bits per heavy atom. The maximum absolute atomic E-state index is 10.9. The Labute approximate surface area is 150 Å². The highest BCUT2D eigenvalue weighted by atomic mass is 28.4. The number of benzene rings is 1. The summed E-state index contributed by atoms with van der Waals surface area (Å²) in [7, 11) is -1.50. The van der Waals surface area contributed by atoms with E-state index >= 15 is 0 Å². The van der Waals surface area contributed by atoms with E-state index in [2.05, 4.69) is 36.5 Å². The molecule has 2 aromatic rings. The molecule has 0 fully saturated rings. The van der Waals surface area contributed by atoms with Crippen molar-refractivity contribution in [2.75, 3.05) is 0 Å². The number of hydrogen-bond donors (Lipinski definition) is 0. The summed E-state index contributed by atoms with van der Waals surface area (Å²) in [6.07, 6.45) is 5.60. The molecular weight excluding hydrogens is 332 g/mol. The average Bonchev–Trinajstić information content (AvgIpc) is 2.52. The zero-order chi connectivity index (χ0) is 18.4. The molecular formula is C19H26N2O3Si. The molecule has 2 rings (SSSR count). The van der Waals surface area contributed by atoms with E-state index in [4.69, 9.17) is 9.16 Å². The van der Waals surface area contributed by atoms with Gasteiger partial charge in [0.25, 0.3) is 0 Å². The van der Waals surface area contributed by atoms with Gasteiger partial charge in [0.15, 0.2) is 8.32 Å². The second-order valence-electron chi connectivity index (χ2n) is 7.09. The van der Waals surface area contributed by atoms with Crippen molar-refractivity contribution in [3.63, 3.8) is 0 Å². The Morgan fingerprint density at radius 1 is 1.08 bits per heavy atom. The van der Waals surface area contributed by atoms with Crippen LogP contribution in [0.2, 0.25) is 19.6 Å². The number of rotatable bonds is 7. The van der Waals surface area contributed by atoms with E-state index in [1.807, 2.05) is 24.5 Å². The predicted octanol–water partition coefficient (Wildman–Crippen LogP) is 4.24. The van der Waals surface area contributed by atoms with Gasteiger partial charge in [-0.15, -0.1) is 0 Å². The monoisotopic (exact) mass is 358 g/mol. The summed E-state index contributed by atoms with van der Waals surface area (Å²) in [6.45, 7) is 10.1. The molecule has 25 heavy (non-hydrogen) atoms. The fourth-order valence-electron chi connectivity index (χ4n) is 2.51. The first-order valence-corrected chi connectivity index (χ1v) is 11.9. The van der Waals surface area contributed by atoms with Gasteiger partial charge >= 0.3 is 5.97 Å². The number of carbonyl (C=O) groups is 1. The lowest BCUT2D eigenvalue weighted by atomic mass is 10.1. The molecule has 0 amide bonds. The molecule has 0 N–H and O–H groups in total. The van der Waals surface area contributed by atoms with Gasteiger partial charge in [0.05, 0.1) is 0 Å². The van der Waals surface area contributed by atoms with E-state index < -0.39 is 8.32 Å². The molecule has 5 nitrogen and oxygen atoms in total. The first-order chi connectivity index (χ1) is 11.7. The van der Waals surface area contributed by atoms with Crippen LogP contribution in [0.25, 0.3) is 11.1 Å². The lowest BCUT2D eigenvalue weighted by molar-refractivity contribution is -0.131. The first-order valence-electron chi connectivity index (χ1n) is 8.50. The summed E-state index contributed by atoms with van der Waals surface area (Å²) in [6, 6.07) is 7.31. The van der Waals surface area contributed by atoms with E-state index in [1.165, 1.54) is 6.92 Å². The lowest BCUT2D eigenvalue weighted by Crippen LogP contribution is -2.30. The van der Waals surface area contributed by atoms with Crippen LogP contribution in [-0.4, -0.2) is 30.4 Å². The third-order valence-corrected chi connectivity index (χ3v) is 4.59. The van der Waals surface area contributed by atoms with Gasteiger partial charge in [0, 0.05) is 37.4 Å². The summed E-state index contributed by atoms with van der Waals surface area (Å²) in [5.41, 5.74) is 1.92. The van der Waals surface area contributed by atoms with Crippen molar-refractivity contribution in [2.45, 2.75) is 52.4 Å². The largest absolute Gasteiger partial charge is 0.427 e. The number of ether oxygens (including phenoxy) is 1. The molecule has 1 atom stereocenters. The molecule has 0 aliphatic carbocycles. The molecule has 0 aliphatic rings. The number of esters is 1. The van der Waals surface area contributed by atoms with Gasteiger partial charge in [-0.05, 0) is 50.7 Å². The lowest BCUT2D eigenvalue weighted by Gasteiger charge is -2.23. The Balaban J connectivity index is 1.94. The summed E-state index contributed by atoms with van der Waals surface area (Å²) < 4.78 is 11.1. The van der Waals surface area contributed by atoms with Crippen LogP contribution in [0.5, 0.6) is 5.75 Å². The van der Waals surface area contributed by atoms with Crippen molar-refractivity contribution < 1.29 is 14.0 Å². The fourth-order valence-corrected chi connectivity index (χ4v) is 3.83. The van der Waals surface area contributed by atoms with Crippen LogP contribution in [0.3, 0.4) is 0 Å². The van der Waals surface area contributed by atoms with Crippen LogP contribution in [0, 0.1) is 0 Å². The van der Waals surface area contributed by atoms with Gasteiger partial charge in [0.1, 0.15) is 11.6 Å². The van der Waals surface area contributed by atoms with Crippen LogP contribution < -0.4 is 4.74 Å². The van der Waals surface area contributed by atoms with Gasteiger partial charge < -0.3 is 9.16 Å². The molecule has 1 aromatic carbocycles. The summed E-state index contributed by atoms with van der Waals surface area (Å²) in [5.74, 6) is 1.03. The second-order valence-corrected chi connectivity index (χ2v) is 11.5. The molecule has 0 aliphatic heterocycles. The Hall–Kier alpha value is -2.05. The SMILES string of the molecule is CC(=O)Oc1ccc(-c2cnc(CCC(C)O[Si](C)(C)C)nc2)cc1. The van der Waals surface area contributed by atoms with Crippen molar-refractivity contribution >= 4 is 14.3 Å². The minimum Gasteiger partial charge on any atom is -0.427 e. The molecule has 1 heterocycles. The van der Waals surface area contributed by atoms with Crippen LogP contribution in [0.4, 0.5) is 0 Å². The second kappa shape index (κ2) is 8.36. The van der Waals surface area contributed by atoms with E-state index in [0.717, 1.165) is 29.8 Å². The van der Waals surface area contributed by atoms with Crippen LogP contribution >= 0.6 is 0 Å². The molecule has 0 bridgehead atoms. The normalized spacial score (nSPS) is 12.7. The molecule has 0 saturated heterocycles. The number of aryl methyl sites for hydroxylation is 1. The number of aromatic nitrogens is 2. The minimum atomic E-state index is -1.50. The number of carbonyl (C=O) groups excluding carboxylic acids is 1. The van der Waals surface area contributed by atoms with Gasteiger partial charge in [0.2, 0.25) is 0 Å². The molecule has 0 saturated carbocycles. The third-order valence-electron chi connectivity index (χ3n) is 3.48. The summed E-state index contributed by atoms with van der Waals surface area (Å²) >= 11 is 0. The van der Waals surface area contributed by atoms with Gasteiger partial charge in [-0.25, -0.2) is 9.97 Å². The van der Waals surface area contributed by atoms with Crippen molar-refractivity contribution in [2.24, 2.45) is 0 Å². The van der Waals surface area contributed by atoms with Crippen molar-refractivity contribution in [1.29, 1.82) is 0 Å². The predicted molar refractivity (Wildman–Crippen MR) is 101 cm³/mol. The highest BCUT2D eigenvalue weighted by molar-refractivity contribution is 6.69. The van der Waals surface area contributed by atoms with Gasteiger partial charge in [-0.2, -0.15) is 0 Å². The number of hydrogen-bond acceptors (Lipinski definition) is 5. The summed E-state index contributed by atoms with van der Waals surface area (Å²) in [5, 5.41) is 0. The highest BCUT2D eigenvalue weighted by Gasteiger charge is 2.18. The molecule has 1 aromatic heterocycles. The summed E-state index contributed by atoms with van der Waals surface area (Å²) in [4.78, 5) is 19.8. The standard InChI is InChI=1S/C19H26N2O3Si/c1-14(24-25(3,4)5)6-11-19-20-12-17(13-21-19)16-7-9-18(10-8-16)23-15(2)22/h7-10,12-14H,6,11H2,1-5H3. The highest BCUT2D eigenvalue weighted by Crippen LogP contribution is 2.21. The maximum Gasteiger partial charge on any atom is 0.308 e. The molecule has 1 unspecified atom stereocenters. The topological polar surface area (TPSA) is 61.3 Å². The molecule has 6 heteroatoms. The smallest absolute Gasteiger partial charge is 0.308 e. The van der Waals surface area contributed by atoms with E-state index in [1.54, 1.807) is 12.1 Å². The minimum absolute atomic E-state index is 0.226. The van der Waals surface area contributed by atoms with E-state index in [9.17, 15) is 4.79 Å². The first kappa shape index (κ1) is 19.3. The average molecular weight is 359 g/mol.